The third kappa shape index (κ3) is 4.05. The molecule has 0 saturated carbocycles. The summed E-state index contributed by atoms with van der Waals surface area (Å²) in [6.45, 7) is 3.83. The maximum atomic E-state index is 13.8. The van der Waals surface area contributed by atoms with Gasteiger partial charge in [-0.1, -0.05) is 12.1 Å². The normalized spacial score (nSPS) is 10.1. The molecule has 104 valence electrons. The Kier molecular flexibility index (Phi) is 5.48. The minimum Gasteiger partial charge on any atom is -0.466 e. The molecule has 1 rings (SSSR count). The molecule has 0 aromatic heterocycles. The van der Waals surface area contributed by atoms with Crippen molar-refractivity contribution in [3.63, 3.8) is 0 Å². The van der Waals surface area contributed by atoms with Crippen LogP contribution < -0.4 is 0 Å². The van der Waals surface area contributed by atoms with Crippen molar-refractivity contribution in [1.29, 1.82) is 0 Å². The average Bonchev–Trinajstić information content (AvgIpc) is 2.38. The molecule has 1 aromatic rings. The Morgan fingerprint density at radius 1 is 1.37 bits per heavy atom. The Balaban J connectivity index is 2.67. The second-order valence-corrected chi connectivity index (χ2v) is 4.22. The largest absolute Gasteiger partial charge is 0.466 e. The predicted molar refractivity (Wildman–Crippen MR) is 69.3 cm³/mol. The van der Waals surface area contributed by atoms with Crippen molar-refractivity contribution in [1.82, 2.24) is 4.90 Å². The minimum absolute atomic E-state index is 0.0198. The van der Waals surface area contributed by atoms with Gasteiger partial charge in [-0.25, -0.2) is 4.39 Å². The summed E-state index contributed by atoms with van der Waals surface area (Å²) in [5.41, 5.74) is 0.441. The lowest BCUT2D eigenvalue weighted by Crippen LogP contribution is -2.30. The van der Waals surface area contributed by atoms with Gasteiger partial charge in [-0.3, -0.25) is 9.59 Å². The Labute approximate surface area is 112 Å². The van der Waals surface area contributed by atoms with Crippen LogP contribution in [0, 0.1) is 12.7 Å². The molecular weight excluding hydrogens is 249 g/mol. The smallest absolute Gasteiger partial charge is 0.307 e. The van der Waals surface area contributed by atoms with E-state index in [1.165, 1.54) is 18.0 Å². The van der Waals surface area contributed by atoms with E-state index in [0.717, 1.165) is 0 Å². The van der Waals surface area contributed by atoms with Crippen molar-refractivity contribution in [2.45, 2.75) is 20.3 Å². The van der Waals surface area contributed by atoms with Gasteiger partial charge in [0.05, 0.1) is 18.6 Å². The summed E-state index contributed by atoms with van der Waals surface area (Å²) in [6.07, 6.45) is 0.101. The van der Waals surface area contributed by atoms with Gasteiger partial charge in [0.25, 0.3) is 5.91 Å². The zero-order chi connectivity index (χ0) is 14.4. The molecule has 0 radical (unpaired) electrons. The zero-order valence-electron chi connectivity index (χ0n) is 11.4. The standard InChI is InChI=1S/C14H18FNO3/c1-4-19-12(17)8-9-16(3)14(18)11-7-5-6-10(2)13(11)15/h5-7H,4,8-9H2,1-3H3. The first-order chi connectivity index (χ1) is 8.97. The number of amides is 1. The van der Waals surface area contributed by atoms with Crippen molar-refractivity contribution in [3.8, 4) is 0 Å². The van der Waals surface area contributed by atoms with Gasteiger partial charge in [-0.15, -0.1) is 0 Å². The first kappa shape index (κ1) is 15.1. The minimum atomic E-state index is -0.518. The molecule has 0 heterocycles. The Hall–Kier alpha value is -1.91. The van der Waals surface area contributed by atoms with E-state index in [4.69, 9.17) is 4.74 Å². The van der Waals surface area contributed by atoms with Gasteiger partial charge in [0.1, 0.15) is 5.82 Å². The van der Waals surface area contributed by atoms with Gasteiger partial charge in [0.15, 0.2) is 0 Å². The van der Waals surface area contributed by atoms with Gasteiger partial charge in [0.2, 0.25) is 0 Å². The van der Waals surface area contributed by atoms with Crippen LogP contribution in [0.25, 0.3) is 0 Å². The molecule has 0 fully saturated rings. The second-order valence-electron chi connectivity index (χ2n) is 4.22. The summed E-state index contributed by atoms with van der Waals surface area (Å²) in [7, 11) is 1.53. The van der Waals surface area contributed by atoms with E-state index in [1.807, 2.05) is 0 Å². The highest BCUT2D eigenvalue weighted by Crippen LogP contribution is 2.13. The zero-order valence-corrected chi connectivity index (χ0v) is 11.4. The molecular formula is C14H18FNO3. The molecule has 19 heavy (non-hydrogen) atoms. The van der Waals surface area contributed by atoms with Gasteiger partial charge in [-0.05, 0) is 25.5 Å². The molecule has 4 nitrogen and oxygen atoms in total. The summed E-state index contributed by atoms with van der Waals surface area (Å²) >= 11 is 0. The molecule has 0 bridgehead atoms. The molecule has 0 aliphatic carbocycles. The van der Waals surface area contributed by atoms with Gasteiger partial charge < -0.3 is 9.64 Å². The fourth-order valence-corrected chi connectivity index (χ4v) is 1.61. The molecule has 0 unspecified atom stereocenters. The number of hydrogen-bond donors (Lipinski definition) is 0. The second kappa shape index (κ2) is 6.87. The van der Waals surface area contributed by atoms with E-state index in [0.29, 0.717) is 12.2 Å². The van der Waals surface area contributed by atoms with Crippen LogP contribution in [-0.2, 0) is 9.53 Å². The van der Waals surface area contributed by atoms with E-state index in [-0.39, 0.29) is 24.5 Å². The van der Waals surface area contributed by atoms with E-state index >= 15 is 0 Å². The van der Waals surface area contributed by atoms with Crippen LogP contribution in [-0.4, -0.2) is 37.0 Å². The van der Waals surface area contributed by atoms with Gasteiger partial charge in [0, 0.05) is 13.6 Å². The highest BCUT2D eigenvalue weighted by Gasteiger charge is 2.17. The number of hydrogen-bond acceptors (Lipinski definition) is 3. The molecule has 0 atom stereocenters. The third-order valence-electron chi connectivity index (χ3n) is 2.73. The average molecular weight is 267 g/mol. The van der Waals surface area contributed by atoms with Crippen molar-refractivity contribution < 1.29 is 18.7 Å². The predicted octanol–water partition coefficient (Wildman–Crippen LogP) is 2.16. The van der Waals surface area contributed by atoms with Crippen LogP contribution in [0.4, 0.5) is 4.39 Å². The first-order valence-electron chi connectivity index (χ1n) is 6.13. The molecule has 0 aliphatic heterocycles. The first-order valence-corrected chi connectivity index (χ1v) is 6.13. The van der Waals surface area contributed by atoms with Crippen LogP contribution in [0.5, 0.6) is 0 Å². The van der Waals surface area contributed by atoms with Gasteiger partial charge in [-0.2, -0.15) is 0 Å². The van der Waals surface area contributed by atoms with Crippen molar-refractivity contribution in [3.05, 3.63) is 35.1 Å². The van der Waals surface area contributed by atoms with Crippen LogP contribution in [0.2, 0.25) is 0 Å². The highest BCUT2D eigenvalue weighted by molar-refractivity contribution is 5.94. The molecule has 0 N–H and O–H groups in total. The van der Waals surface area contributed by atoms with E-state index < -0.39 is 11.7 Å². The van der Waals surface area contributed by atoms with E-state index in [2.05, 4.69) is 0 Å². The summed E-state index contributed by atoms with van der Waals surface area (Å²) in [4.78, 5) is 24.5. The Morgan fingerprint density at radius 2 is 2.05 bits per heavy atom. The number of esters is 1. The molecule has 0 aliphatic rings. The SMILES string of the molecule is CCOC(=O)CCN(C)C(=O)c1cccc(C)c1F. The number of halogens is 1. The highest BCUT2D eigenvalue weighted by atomic mass is 19.1. The number of benzene rings is 1. The topological polar surface area (TPSA) is 46.6 Å². The fourth-order valence-electron chi connectivity index (χ4n) is 1.61. The maximum absolute atomic E-state index is 13.8. The van der Waals surface area contributed by atoms with Crippen molar-refractivity contribution in [2.75, 3.05) is 20.2 Å². The fraction of sp³-hybridized carbons (Fsp3) is 0.429. The number of carbonyl (C=O) groups excluding carboxylic acids is 2. The number of nitrogens with zero attached hydrogens (tertiary/aromatic N) is 1. The van der Waals surface area contributed by atoms with E-state index in [9.17, 15) is 14.0 Å². The number of aryl methyl sites for hydroxylation is 1. The lowest BCUT2D eigenvalue weighted by molar-refractivity contribution is -0.143. The summed E-state index contributed by atoms with van der Waals surface area (Å²) in [5.74, 6) is -1.33. The van der Waals surface area contributed by atoms with Crippen molar-refractivity contribution in [2.24, 2.45) is 0 Å². The quantitative estimate of drug-likeness (QED) is 0.768. The molecule has 0 saturated heterocycles. The Bertz CT molecular complexity index is 474. The van der Waals surface area contributed by atoms with Crippen LogP contribution in [0.15, 0.2) is 18.2 Å². The van der Waals surface area contributed by atoms with Crippen LogP contribution in [0.1, 0.15) is 29.3 Å². The Morgan fingerprint density at radius 3 is 2.68 bits per heavy atom. The van der Waals surface area contributed by atoms with Crippen LogP contribution >= 0.6 is 0 Å². The molecule has 1 amide bonds. The van der Waals surface area contributed by atoms with Gasteiger partial charge >= 0.3 is 5.97 Å². The summed E-state index contributed by atoms with van der Waals surface area (Å²) in [5, 5.41) is 0. The number of rotatable bonds is 5. The summed E-state index contributed by atoms with van der Waals surface area (Å²) < 4.78 is 18.6. The maximum Gasteiger partial charge on any atom is 0.307 e. The van der Waals surface area contributed by atoms with E-state index in [1.54, 1.807) is 26.0 Å². The monoisotopic (exact) mass is 267 g/mol. The molecule has 5 heteroatoms. The summed E-state index contributed by atoms with van der Waals surface area (Å²) in [6, 6.07) is 4.67. The lowest BCUT2D eigenvalue weighted by Gasteiger charge is -2.17. The number of carbonyl (C=O) groups is 2. The molecule has 0 spiro atoms. The lowest BCUT2D eigenvalue weighted by atomic mass is 10.1. The van der Waals surface area contributed by atoms with Crippen LogP contribution in [0.3, 0.4) is 0 Å². The third-order valence-corrected chi connectivity index (χ3v) is 2.73. The number of ether oxygens (including phenoxy) is 1. The van der Waals surface area contributed by atoms with Crippen molar-refractivity contribution >= 4 is 11.9 Å². The molecule has 1 aromatic carbocycles.